The van der Waals surface area contributed by atoms with Gasteiger partial charge in [-0.25, -0.2) is 0 Å². The Kier molecular flexibility index (Phi) is 2.09. The molecule has 2 saturated heterocycles. The lowest BCUT2D eigenvalue weighted by molar-refractivity contribution is 0.927. The Morgan fingerprint density at radius 3 is 3.38 bits per heavy atom. The maximum absolute atomic E-state index is 2.21. The minimum atomic E-state index is 0.512. The van der Waals surface area contributed by atoms with Crippen LogP contribution in [0.3, 0.4) is 0 Å². The van der Waals surface area contributed by atoms with Crippen molar-refractivity contribution in [3.63, 3.8) is 0 Å². The second-order valence-corrected chi connectivity index (χ2v) is 12.2. The van der Waals surface area contributed by atoms with E-state index in [1.807, 2.05) is 0 Å². The van der Waals surface area contributed by atoms with Crippen LogP contribution in [-0.2, 0) is 0 Å². The van der Waals surface area contributed by atoms with Crippen LogP contribution in [0.25, 0.3) is 0 Å². The van der Waals surface area contributed by atoms with Crippen molar-refractivity contribution >= 4 is 36.3 Å². The van der Waals surface area contributed by atoms with Gasteiger partial charge in [0.15, 0.2) is 0 Å². The SMILES string of the molecule is C1CC2CP(P1)SS2. The standard InChI is InChI=1S/C4H8P2S2/c1-2-5-6-3-4(1)7-8-6/h4-5H,1-3H2. The molecule has 0 radical (unpaired) electrons. The lowest BCUT2D eigenvalue weighted by Crippen LogP contribution is -2.04. The van der Waals surface area contributed by atoms with Gasteiger partial charge in [0.25, 0.3) is 0 Å². The van der Waals surface area contributed by atoms with E-state index in [1.165, 1.54) is 14.7 Å². The minimum Gasteiger partial charge on any atom is -0.0854 e. The maximum atomic E-state index is 2.21. The third-order valence-corrected chi connectivity index (χ3v) is 14.1. The summed E-state index contributed by atoms with van der Waals surface area (Å²) < 4.78 is 0. The summed E-state index contributed by atoms with van der Waals surface area (Å²) in [5, 5.41) is 1.08. The number of fused-ring (bicyclic) bond motifs is 2. The summed E-state index contributed by atoms with van der Waals surface area (Å²) in [5.74, 6) is 0. The highest BCUT2D eigenvalue weighted by atomic mass is 33.4. The zero-order valence-corrected chi connectivity index (χ0v) is 7.99. The maximum Gasteiger partial charge on any atom is 0.0208 e. The molecule has 0 aromatic carbocycles. The van der Waals surface area contributed by atoms with E-state index in [2.05, 4.69) is 21.2 Å². The molecule has 0 saturated carbocycles. The molecule has 2 aliphatic heterocycles. The fourth-order valence-electron chi connectivity index (χ4n) is 0.939. The van der Waals surface area contributed by atoms with Crippen molar-refractivity contribution in [2.75, 3.05) is 12.3 Å². The Hall–Kier alpha value is 1.56. The smallest absolute Gasteiger partial charge is 0.0208 e. The van der Waals surface area contributed by atoms with Gasteiger partial charge in [-0.1, -0.05) is 29.5 Å². The third-order valence-electron chi connectivity index (χ3n) is 1.39. The first-order valence-corrected chi connectivity index (χ1v) is 9.19. The van der Waals surface area contributed by atoms with Crippen molar-refractivity contribution in [2.24, 2.45) is 0 Å². The molecule has 2 rings (SSSR count). The van der Waals surface area contributed by atoms with E-state index in [1.54, 1.807) is 12.3 Å². The number of hydrogen-bond acceptors (Lipinski definition) is 2. The normalized spacial score (nSPS) is 48.0. The number of rotatable bonds is 0. The molecule has 0 aromatic heterocycles. The summed E-state index contributed by atoms with van der Waals surface area (Å²) in [6.07, 6.45) is 4.66. The van der Waals surface area contributed by atoms with Gasteiger partial charge in [-0.3, -0.25) is 0 Å². The molecule has 8 heavy (non-hydrogen) atoms. The minimum absolute atomic E-state index is 0.512. The van der Waals surface area contributed by atoms with Crippen LogP contribution in [0.15, 0.2) is 0 Å². The second kappa shape index (κ2) is 2.66. The monoisotopic (exact) mass is 182 g/mol. The van der Waals surface area contributed by atoms with Gasteiger partial charge in [0.2, 0.25) is 0 Å². The van der Waals surface area contributed by atoms with Gasteiger partial charge in [0.05, 0.1) is 0 Å². The van der Waals surface area contributed by atoms with Crippen LogP contribution in [0.4, 0.5) is 0 Å². The van der Waals surface area contributed by atoms with Gasteiger partial charge in [0.1, 0.15) is 0 Å². The quantitative estimate of drug-likeness (QED) is 0.417. The molecular formula is C4H8P2S2. The summed E-state index contributed by atoms with van der Waals surface area (Å²) >= 11 is 0. The fourth-order valence-corrected chi connectivity index (χ4v) is 15.5. The molecule has 0 spiro atoms. The van der Waals surface area contributed by atoms with Crippen LogP contribution in [0.5, 0.6) is 0 Å². The molecular weight excluding hydrogens is 174 g/mol. The zero-order chi connectivity index (χ0) is 5.40. The molecule has 3 unspecified atom stereocenters. The van der Waals surface area contributed by atoms with E-state index < -0.39 is 0 Å². The van der Waals surface area contributed by atoms with Crippen molar-refractivity contribution in [3.05, 3.63) is 0 Å². The summed E-state index contributed by atoms with van der Waals surface area (Å²) in [6, 6.07) is 0. The Morgan fingerprint density at radius 1 is 1.62 bits per heavy atom. The highest BCUT2D eigenvalue weighted by Crippen LogP contribution is 2.78. The van der Waals surface area contributed by atoms with Gasteiger partial charge in [-0.2, -0.15) is 0 Å². The molecule has 0 aromatic rings. The topological polar surface area (TPSA) is 0 Å². The van der Waals surface area contributed by atoms with Crippen LogP contribution in [0, 0.1) is 0 Å². The van der Waals surface area contributed by atoms with Crippen LogP contribution >= 0.6 is 36.3 Å². The molecule has 4 heteroatoms. The molecule has 2 fully saturated rings. The van der Waals surface area contributed by atoms with Crippen molar-refractivity contribution in [3.8, 4) is 0 Å². The first-order chi connectivity index (χ1) is 3.95. The molecule has 2 heterocycles. The average molecular weight is 182 g/mol. The molecule has 46 valence electrons. The molecule has 0 nitrogen and oxygen atoms in total. The molecule has 0 amide bonds. The summed E-state index contributed by atoms with van der Waals surface area (Å²) in [5.41, 5.74) is 0. The first-order valence-electron chi connectivity index (χ1n) is 2.79. The fraction of sp³-hybridized carbons (Fsp3) is 1.00. The third kappa shape index (κ3) is 1.19. The molecule has 0 aliphatic carbocycles. The van der Waals surface area contributed by atoms with Crippen LogP contribution in [-0.4, -0.2) is 17.6 Å². The van der Waals surface area contributed by atoms with E-state index in [-0.39, 0.29) is 0 Å². The summed E-state index contributed by atoms with van der Waals surface area (Å²) in [6.45, 7) is 0.512. The first kappa shape index (κ1) is 6.28. The molecule has 2 bridgehead atoms. The van der Waals surface area contributed by atoms with Crippen molar-refractivity contribution in [1.29, 1.82) is 0 Å². The van der Waals surface area contributed by atoms with E-state index in [0.717, 1.165) is 5.25 Å². The van der Waals surface area contributed by atoms with Gasteiger partial charge in [0, 0.05) is 5.25 Å². The van der Waals surface area contributed by atoms with Crippen molar-refractivity contribution in [2.45, 2.75) is 11.7 Å². The lowest BCUT2D eigenvalue weighted by atomic mass is 10.4. The van der Waals surface area contributed by atoms with Gasteiger partial charge < -0.3 is 0 Å². The Balaban J connectivity index is 2.03. The second-order valence-electron chi connectivity index (χ2n) is 2.05. The van der Waals surface area contributed by atoms with Crippen molar-refractivity contribution in [1.82, 2.24) is 0 Å². The molecule has 2 aliphatic rings. The Bertz CT molecular complexity index is 84.0. The Labute approximate surface area is 60.5 Å². The van der Waals surface area contributed by atoms with Crippen molar-refractivity contribution < 1.29 is 0 Å². The van der Waals surface area contributed by atoms with E-state index >= 15 is 0 Å². The Morgan fingerprint density at radius 2 is 2.62 bits per heavy atom. The van der Waals surface area contributed by atoms with Crippen LogP contribution in [0.1, 0.15) is 6.42 Å². The highest BCUT2D eigenvalue weighted by molar-refractivity contribution is 9.07. The van der Waals surface area contributed by atoms with Gasteiger partial charge in [-0.15, -0.1) is 0 Å². The average Bonchev–Trinajstić information content (AvgIpc) is 2.12. The number of hydrogen-bond donors (Lipinski definition) is 0. The van der Waals surface area contributed by atoms with Gasteiger partial charge >= 0.3 is 0 Å². The molecule has 0 N–H and O–H groups in total. The van der Waals surface area contributed by atoms with E-state index in [4.69, 9.17) is 0 Å². The van der Waals surface area contributed by atoms with E-state index in [9.17, 15) is 0 Å². The predicted octanol–water partition coefficient (Wildman–Crippen LogP) is 3.14. The summed E-state index contributed by atoms with van der Waals surface area (Å²) in [7, 11) is 5.71. The highest BCUT2D eigenvalue weighted by Gasteiger charge is 2.29. The van der Waals surface area contributed by atoms with E-state index in [0.29, 0.717) is 6.81 Å². The largest absolute Gasteiger partial charge is 0.0854 e. The van der Waals surface area contributed by atoms with Crippen LogP contribution < -0.4 is 0 Å². The predicted molar refractivity (Wildman–Crippen MR) is 48.6 cm³/mol. The van der Waals surface area contributed by atoms with Gasteiger partial charge in [-0.05, 0) is 25.6 Å². The lowest BCUT2D eigenvalue weighted by Gasteiger charge is -2.14. The molecule has 3 atom stereocenters. The zero-order valence-electron chi connectivity index (χ0n) is 4.46. The van der Waals surface area contributed by atoms with Crippen LogP contribution in [0.2, 0.25) is 0 Å². The summed E-state index contributed by atoms with van der Waals surface area (Å²) in [4.78, 5) is 0.